The van der Waals surface area contributed by atoms with E-state index in [-0.39, 0.29) is 11.4 Å². The van der Waals surface area contributed by atoms with Gasteiger partial charge in [0.15, 0.2) is 24.2 Å². The number of carbonyl (C=O) groups is 2. The molecule has 0 aliphatic rings. The van der Waals surface area contributed by atoms with Crippen molar-refractivity contribution < 1.29 is 28.7 Å². The van der Waals surface area contributed by atoms with Gasteiger partial charge in [-0.3, -0.25) is 14.9 Å². The first kappa shape index (κ1) is 19.7. The summed E-state index contributed by atoms with van der Waals surface area (Å²) in [4.78, 5) is 34.4. The minimum absolute atomic E-state index is 0.0145. The fraction of sp³-hybridized carbons (Fsp3) is 0.222. The lowest BCUT2D eigenvalue weighted by Crippen LogP contribution is -2.31. The third-order valence-corrected chi connectivity index (χ3v) is 3.45. The molecule has 0 aliphatic carbocycles. The largest absolute Gasteiger partial charge is 0.493 e. The second-order valence-corrected chi connectivity index (χ2v) is 5.34. The van der Waals surface area contributed by atoms with Gasteiger partial charge >= 0.3 is 5.97 Å². The molecular weight excluding hydrogens is 356 g/mol. The summed E-state index contributed by atoms with van der Waals surface area (Å²) in [6.45, 7) is 0.925. The summed E-state index contributed by atoms with van der Waals surface area (Å²) in [6, 6.07) is 12.4. The van der Waals surface area contributed by atoms with Gasteiger partial charge in [-0.2, -0.15) is 0 Å². The van der Waals surface area contributed by atoms with Crippen LogP contribution in [0.4, 0.5) is 11.4 Å². The zero-order valence-corrected chi connectivity index (χ0v) is 14.7. The molecule has 0 aromatic heterocycles. The van der Waals surface area contributed by atoms with Gasteiger partial charge in [0.05, 0.1) is 12.0 Å². The molecule has 0 unspecified atom stereocenters. The minimum atomic E-state index is -1.17. The highest BCUT2D eigenvalue weighted by molar-refractivity contribution is 5.96. The zero-order chi connectivity index (χ0) is 19.8. The predicted octanol–water partition coefficient (Wildman–Crippen LogP) is 2.55. The molecule has 0 saturated heterocycles. The van der Waals surface area contributed by atoms with E-state index in [0.29, 0.717) is 11.5 Å². The highest BCUT2D eigenvalue weighted by Gasteiger charge is 2.22. The number of nitro benzene ring substituents is 1. The van der Waals surface area contributed by atoms with Crippen molar-refractivity contribution in [3.63, 3.8) is 0 Å². The Morgan fingerprint density at radius 2 is 1.74 bits per heavy atom. The van der Waals surface area contributed by atoms with Crippen molar-refractivity contribution in [1.29, 1.82) is 0 Å². The molecule has 0 aliphatic heterocycles. The van der Waals surface area contributed by atoms with Crippen molar-refractivity contribution in [3.05, 3.63) is 58.6 Å². The van der Waals surface area contributed by atoms with Crippen molar-refractivity contribution in [2.75, 3.05) is 19.0 Å². The number of nitrogens with one attached hydrogen (secondary N) is 1. The molecule has 27 heavy (non-hydrogen) atoms. The second kappa shape index (κ2) is 9.18. The SMILES string of the molecule is COc1ccccc1OCC(=O)O[C@H](C)C(=O)Nc1ccccc1[N+](=O)[O-]. The van der Waals surface area contributed by atoms with Crippen molar-refractivity contribution in [2.24, 2.45) is 0 Å². The van der Waals surface area contributed by atoms with Crippen LogP contribution in [0.3, 0.4) is 0 Å². The number of methoxy groups -OCH3 is 1. The first-order valence-electron chi connectivity index (χ1n) is 7.92. The van der Waals surface area contributed by atoms with Gasteiger partial charge in [0.1, 0.15) is 5.69 Å². The van der Waals surface area contributed by atoms with Crippen LogP contribution in [0, 0.1) is 10.1 Å². The van der Waals surface area contributed by atoms with Crippen molar-refractivity contribution in [2.45, 2.75) is 13.0 Å². The van der Waals surface area contributed by atoms with Crippen LogP contribution in [-0.4, -0.2) is 36.6 Å². The molecule has 0 bridgehead atoms. The van der Waals surface area contributed by atoms with Crippen LogP contribution in [-0.2, 0) is 14.3 Å². The highest BCUT2D eigenvalue weighted by atomic mass is 16.6. The normalized spacial score (nSPS) is 11.2. The molecule has 9 nitrogen and oxygen atoms in total. The number of benzene rings is 2. The van der Waals surface area contributed by atoms with Crippen molar-refractivity contribution >= 4 is 23.3 Å². The van der Waals surface area contributed by atoms with E-state index in [1.807, 2.05) is 0 Å². The van der Waals surface area contributed by atoms with Crippen LogP contribution in [0.5, 0.6) is 11.5 Å². The number of esters is 1. The smallest absolute Gasteiger partial charge is 0.344 e. The Kier molecular flexibility index (Phi) is 6.70. The molecule has 2 rings (SSSR count). The number of amides is 1. The molecule has 1 amide bonds. The van der Waals surface area contributed by atoms with E-state index in [4.69, 9.17) is 14.2 Å². The van der Waals surface area contributed by atoms with Crippen LogP contribution in [0.1, 0.15) is 6.92 Å². The average molecular weight is 374 g/mol. The lowest BCUT2D eigenvalue weighted by Gasteiger charge is -2.14. The quantitative estimate of drug-likeness (QED) is 0.429. The maximum absolute atomic E-state index is 12.1. The summed E-state index contributed by atoms with van der Waals surface area (Å²) in [7, 11) is 1.47. The summed E-state index contributed by atoms with van der Waals surface area (Å²) in [5.41, 5.74) is -0.246. The fourth-order valence-corrected chi connectivity index (χ4v) is 2.13. The van der Waals surface area contributed by atoms with Crippen LogP contribution in [0.15, 0.2) is 48.5 Å². The van der Waals surface area contributed by atoms with Gasteiger partial charge in [0.25, 0.3) is 11.6 Å². The molecule has 142 valence electrons. The van der Waals surface area contributed by atoms with Crippen molar-refractivity contribution in [1.82, 2.24) is 0 Å². The summed E-state index contributed by atoms with van der Waals surface area (Å²) >= 11 is 0. The Morgan fingerprint density at radius 1 is 1.11 bits per heavy atom. The summed E-state index contributed by atoms with van der Waals surface area (Å²) in [6.07, 6.45) is -1.17. The second-order valence-electron chi connectivity index (χ2n) is 5.34. The molecule has 0 radical (unpaired) electrons. The number of carbonyl (C=O) groups excluding carboxylic acids is 2. The molecule has 9 heteroatoms. The third-order valence-electron chi connectivity index (χ3n) is 3.45. The van der Waals surface area contributed by atoms with Gasteiger partial charge in [-0.1, -0.05) is 24.3 Å². The minimum Gasteiger partial charge on any atom is -0.493 e. The molecule has 0 spiro atoms. The first-order chi connectivity index (χ1) is 12.9. The number of nitro groups is 1. The molecule has 0 fully saturated rings. The van der Waals surface area contributed by atoms with E-state index in [2.05, 4.69) is 5.32 Å². The number of hydrogen-bond donors (Lipinski definition) is 1. The number of nitrogens with zero attached hydrogens (tertiary/aromatic N) is 1. The number of ether oxygens (including phenoxy) is 3. The van der Waals surface area contributed by atoms with E-state index >= 15 is 0 Å². The summed E-state index contributed by atoms with van der Waals surface area (Å²) in [5, 5.41) is 13.3. The number of rotatable bonds is 8. The Hall–Kier alpha value is -3.62. The topological polar surface area (TPSA) is 117 Å². The monoisotopic (exact) mass is 374 g/mol. The molecular formula is C18H18N2O7. The van der Waals surface area contributed by atoms with E-state index in [1.165, 1.54) is 32.2 Å². The van der Waals surface area contributed by atoms with Crippen LogP contribution in [0.25, 0.3) is 0 Å². The summed E-state index contributed by atoms with van der Waals surface area (Å²) < 4.78 is 15.4. The molecule has 2 aromatic rings. The lowest BCUT2D eigenvalue weighted by atomic mass is 10.2. The Bertz CT molecular complexity index is 838. The van der Waals surface area contributed by atoms with Gasteiger partial charge in [-0.15, -0.1) is 0 Å². The molecule has 0 saturated carbocycles. The van der Waals surface area contributed by atoms with E-state index in [0.717, 1.165) is 0 Å². The van der Waals surface area contributed by atoms with E-state index < -0.39 is 29.5 Å². The molecule has 1 N–H and O–H groups in total. The Morgan fingerprint density at radius 3 is 2.41 bits per heavy atom. The van der Waals surface area contributed by atoms with Gasteiger partial charge < -0.3 is 19.5 Å². The number of hydrogen-bond acceptors (Lipinski definition) is 7. The van der Waals surface area contributed by atoms with Gasteiger partial charge in [-0.25, -0.2) is 4.79 Å². The van der Waals surface area contributed by atoms with Gasteiger partial charge in [-0.05, 0) is 25.1 Å². The third kappa shape index (κ3) is 5.43. The maximum atomic E-state index is 12.1. The number of anilines is 1. The first-order valence-corrected chi connectivity index (χ1v) is 7.92. The lowest BCUT2D eigenvalue weighted by molar-refractivity contribution is -0.383. The van der Waals surface area contributed by atoms with Crippen molar-refractivity contribution in [3.8, 4) is 11.5 Å². The van der Waals surface area contributed by atoms with E-state index in [1.54, 1.807) is 30.3 Å². The maximum Gasteiger partial charge on any atom is 0.344 e. The van der Waals surface area contributed by atoms with Crippen LogP contribution >= 0.6 is 0 Å². The van der Waals surface area contributed by atoms with Crippen LogP contribution < -0.4 is 14.8 Å². The van der Waals surface area contributed by atoms with E-state index in [9.17, 15) is 19.7 Å². The fourth-order valence-electron chi connectivity index (χ4n) is 2.13. The molecule has 2 aromatic carbocycles. The standard InChI is InChI=1S/C18H18N2O7/c1-12(18(22)19-13-7-3-4-8-14(13)20(23)24)27-17(21)11-26-16-10-6-5-9-15(16)25-2/h3-10,12H,11H2,1-2H3,(H,19,22)/t12-/m1/s1. The molecule has 0 heterocycles. The summed E-state index contributed by atoms with van der Waals surface area (Å²) in [5.74, 6) is -0.664. The Labute approximate surface area is 155 Å². The zero-order valence-electron chi connectivity index (χ0n) is 14.7. The van der Waals surface area contributed by atoms with Crippen LogP contribution in [0.2, 0.25) is 0 Å². The van der Waals surface area contributed by atoms with Gasteiger partial charge in [0.2, 0.25) is 0 Å². The highest BCUT2D eigenvalue weighted by Crippen LogP contribution is 2.26. The number of para-hydroxylation sites is 4. The average Bonchev–Trinajstić information content (AvgIpc) is 2.66. The predicted molar refractivity (Wildman–Crippen MR) is 95.8 cm³/mol. The Balaban J connectivity index is 1.90. The van der Waals surface area contributed by atoms with Gasteiger partial charge in [0, 0.05) is 6.07 Å². The molecule has 1 atom stereocenters.